The van der Waals surface area contributed by atoms with Gasteiger partial charge in [-0.2, -0.15) is 0 Å². The van der Waals surface area contributed by atoms with Gasteiger partial charge in [0, 0.05) is 19.6 Å². The highest BCUT2D eigenvalue weighted by atomic mass is 16.4. The first kappa shape index (κ1) is 15.1. The summed E-state index contributed by atoms with van der Waals surface area (Å²) in [7, 11) is 0. The van der Waals surface area contributed by atoms with Crippen LogP contribution < -0.4 is 0 Å². The second-order valence-electron chi connectivity index (χ2n) is 5.87. The Bertz CT molecular complexity index is 387. The summed E-state index contributed by atoms with van der Waals surface area (Å²) in [5.74, 6) is -0.900. The van der Waals surface area contributed by atoms with Gasteiger partial charge in [-0.25, -0.2) is 9.59 Å². The van der Waals surface area contributed by atoms with Crippen molar-refractivity contribution >= 4 is 12.0 Å². The van der Waals surface area contributed by atoms with E-state index in [4.69, 9.17) is 0 Å². The summed E-state index contributed by atoms with van der Waals surface area (Å²) in [6.45, 7) is 3.36. The number of carboxylic acids is 1. The average molecular weight is 284 g/mol. The van der Waals surface area contributed by atoms with Gasteiger partial charge in [-0.05, 0) is 32.1 Å². The normalized spacial score (nSPS) is 30.6. The van der Waals surface area contributed by atoms with Crippen LogP contribution in [0.25, 0.3) is 0 Å². The van der Waals surface area contributed by atoms with E-state index in [0.717, 1.165) is 19.3 Å². The molecule has 0 aromatic heterocycles. The van der Waals surface area contributed by atoms with Crippen LogP contribution in [0.15, 0.2) is 0 Å². The van der Waals surface area contributed by atoms with Crippen LogP contribution in [0.3, 0.4) is 0 Å². The fourth-order valence-electron chi connectivity index (χ4n) is 3.46. The molecule has 2 rings (SSSR count). The molecule has 2 unspecified atom stereocenters. The number of rotatable bonds is 3. The summed E-state index contributed by atoms with van der Waals surface area (Å²) in [6.07, 6.45) is 3.48. The fourth-order valence-corrected chi connectivity index (χ4v) is 3.46. The maximum absolute atomic E-state index is 12.6. The molecule has 0 bridgehead atoms. The Labute approximate surface area is 119 Å². The second kappa shape index (κ2) is 5.99. The van der Waals surface area contributed by atoms with Crippen molar-refractivity contribution in [1.82, 2.24) is 9.80 Å². The molecule has 6 heteroatoms. The van der Waals surface area contributed by atoms with Gasteiger partial charge in [0.1, 0.15) is 5.54 Å². The molecular formula is C14H24N2O4. The van der Waals surface area contributed by atoms with E-state index in [-0.39, 0.29) is 6.03 Å². The van der Waals surface area contributed by atoms with Gasteiger partial charge in [-0.3, -0.25) is 0 Å². The Hall–Kier alpha value is -1.30. The monoisotopic (exact) mass is 284 g/mol. The molecule has 2 saturated heterocycles. The molecule has 0 aromatic rings. The van der Waals surface area contributed by atoms with E-state index < -0.39 is 17.6 Å². The Morgan fingerprint density at radius 2 is 2.05 bits per heavy atom. The zero-order valence-corrected chi connectivity index (χ0v) is 12.0. The third-order valence-corrected chi connectivity index (χ3v) is 4.45. The second-order valence-corrected chi connectivity index (χ2v) is 5.87. The fraction of sp³-hybridized carbons (Fsp3) is 0.857. The van der Waals surface area contributed by atoms with Gasteiger partial charge in [0.05, 0.1) is 6.10 Å². The summed E-state index contributed by atoms with van der Waals surface area (Å²) < 4.78 is 0. The van der Waals surface area contributed by atoms with Gasteiger partial charge < -0.3 is 20.0 Å². The minimum Gasteiger partial charge on any atom is -0.479 e. The number of hydrogen-bond acceptors (Lipinski definition) is 3. The van der Waals surface area contributed by atoms with Crippen LogP contribution in [-0.4, -0.2) is 63.3 Å². The van der Waals surface area contributed by atoms with E-state index >= 15 is 0 Å². The van der Waals surface area contributed by atoms with E-state index in [9.17, 15) is 19.8 Å². The molecule has 6 nitrogen and oxygen atoms in total. The number of urea groups is 1. The lowest BCUT2D eigenvalue weighted by molar-refractivity contribution is -0.149. The number of aliphatic carboxylic acids is 1. The molecule has 114 valence electrons. The molecule has 2 aliphatic rings. The average Bonchev–Trinajstić information content (AvgIpc) is 2.83. The first-order valence-electron chi connectivity index (χ1n) is 7.49. The van der Waals surface area contributed by atoms with Gasteiger partial charge in [0.2, 0.25) is 0 Å². The van der Waals surface area contributed by atoms with Crippen LogP contribution in [-0.2, 0) is 4.79 Å². The van der Waals surface area contributed by atoms with Crippen molar-refractivity contribution in [1.29, 1.82) is 0 Å². The quantitative estimate of drug-likeness (QED) is 0.818. The standard InChI is InChI=1S/C14H24N2O4/c1-2-6-14(12(18)19)7-4-9-16(14)13(20)15-8-3-5-11(17)10-15/h11,17H,2-10H2,1H3,(H,18,19). The van der Waals surface area contributed by atoms with Crippen LogP contribution in [0, 0.1) is 0 Å². The molecule has 0 radical (unpaired) electrons. The minimum atomic E-state index is -1.05. The first-order valence-corrected chi connectivity index (χ1v) is 7.49. The van der Waals surface area contributed by atoms with Crippen LogP contribution in [0.5, 0.6) is 0 Å². The lowest BCUT2D eigenvalue weighted by Crippen LogP contribution is -2.58. The number of aliphatic hydroxyl groups is 1. The van der Waals surface area contributed by atoms with Crippen LogP contribution in [0.1, 0.15) is 45.4 Å². The summed E-state index contributed by atoms with van der Waals surface area (Å²) in [4.78, 5) is 27.5. The Balaban J connectivity index is 2.16. The van der Waals surface area contributed by atoms with Crippen LogP contribution >= 0.6 is 0 Å². The highest BCUT2D eigenvalue weighted by molar-refractivity contribution is 5.87. The van der Waals surface area contributed by atoms with E-state index in [1.54, 1.807) is 4.90 Å². The molecular weight excluding hydrogens is 260 g/mol. The van der Waals surface area contributed by atoms with Crippen LogP contribution in [0.2, 0.25) is 0 Å². The molecule has 2 aliphatic heterocycles. The number of carboxylic acid groups (broad SMARTS) is 1. The SMILES string of the molecule is CCCC1(C(=O)O)CCCN1C(=O)N1CCCC(O)C1. The smallest absolute Gasteiger partial charge is 0.329 e. The predicted octanol–water partition coefficient (Wildman–Crippen LogP) is 1.28. The molecule has 0 spiro atoms. The summed E-state index contributed by atoms with van der Waals surface area (Å²) >= 11 is 0. The number of nitrogens with zero attached hydrogens (tertiary/aromatic N) is 2. The van der Waals surface area contributed by atoms with E-state index in [0.29, 0.717) is 38.9 Å². The molecule has 2 amide bonds. The summed E-state index contributed by atoms with van der Waals surface area (Å²) in [5.41, 5.74) is -1.05. The number of aliphatic hydroxyl groups excluding tert-OH is 1. The zero-order chi connectivity index (χ0) is 14.8. The van der Waals surface area contributed by atoms with Gasteiger partial charge in [-0.15, -0.1) is 0 Å². The number of carbonyl (C=O) groups is 2. The number of β-amino-alcohol motifs (C(OH)–C–C–N with tert-alkyl or cyclic N) is 1. The highest BCUT2D eigenvalue weighted by Gasteiger charge is 2.50. The highest BCUT2D eigenvalue weighted by Crippen LogP contribution is 2.35. The Kier molecular flexibility index (Phi) is 4.52. The van der Waals surface area contributed by atoms with E-state index in [1.165, 1.54) is 4.90 Å². The molecule has 2 heterocycles. The van der Waals surface area contributed by atoms with Gasteiger partial charge >= 0.3 is 12.0 Å². The van der Waals surface area contributed by atoms with Crippen molar-refractivity contribution in [3.05, 3.63) is 0 Å². The predicted molar refractivity (Wildman–Crippen MR) is 73.4 cm³/mol. The van der Waals surface area contributed by atoms with Gasteiger partial charge in [0.25, 0.3) is 0 Å². The van der Waals surface area contributed by atoms with Crippen molar-refractivity contribution in [2.75, 3.05) is 19.6 Å². The van der Waals surface area contributed by atoms with Gasteiger partial charge in [-0.1, -0.05) is 13.3 Å². The minimum absolute atomic E-state index is 0.225. The largest absolute Gasteiger partial charge is 0.479 e. The van der Waals surface area contributed by atoms with Crippen molar-refractivity contribution in [3.8, 4) is 0 Å². The summed E-state index contributed by atoms with van der Waals surface area (Å²) in [6, 6.07) is -0.225. The summed E-state index contributed by atoms with van der Waals surface area (Å²) in [5, 5.41) is 19.3. The number of piperidine rings is 1. The topological polar surface area (TPSA) is 81.1 Å². The van der Waals surface area contributed by atoms with E-state index in [2.05, 4.69) is 0 Å². The molecule has 2 N–H and O–H groups in total. The Morgan fingerprint density at radius 3 is 2.65 bits per heavy atom. The number of carbonyl (C=O) groups excluding carboxylic acids is 1. The van der Waals surface area contributed by atoms with Crippen molar-refractivity contribution in [2.45, 2.75) is 57.1 Å². The molecule has 2 fully saturated rings. The molecule has 2 atom stereocenters. The van der Waals surface area contributed by atoms with E-state index in [1.807, 2.05) is 6.92 Å². The molecule has 0 aliphatic carbocycles. The van der Waals surface area contributed by atoms with Crippen LogP contribution in [0.4, 0.5) is 4.79 Å². The zero-order valence-electron chi connectivity index (χ0n) is 12.0. The van der Waals surface area contributed by atoms with Crippen molar-refractivity contribution in [3.63, 3.8) is 0 Å². The van der Waals surface area contributed by atoms with Crippen molar-refractivity contribution in [2.24, 2.45) is 0 Å². The Morgan fingerprint density at radius 1 is 1.30 bits per heavy atom. The van der Waals surface area contributed by atoms with Crippen molar-refractivity contribution < 1.29 is 19.8 Å². The maximum Gasteiger partial charge on any atom is 0.329 e. The third kappa shape index (κ3) is 2.61. The lowest BCUT2D eigenvalue weighted by atomic mass is 9.91. The maximum atomic E-state index is 12.6. The van der Waals surface area contributed by atoms with Gasteiger partial charge in [0.15, 0.2) is 0 Å². The number of hydrogen-bond donors (Lipinski definition) is 2. The molecule has 0 aromatic carbocycles. The number of likely N-dealkylation sites (tertiary alicyclic amines) is 2. The third-order valence-electron chi connectivity index (χ3n) is 4.45. The molecule has 0 saturated carbocycles. The lowest BCUT2D eigenvalue weighted by Gasteiger charge is -2.40. The first-order chi connectivity index (χ1) is 9.51. The number of amides is 2. The molecule has 20 heavy (non-hydrogen) atoms.